The highest BCUT2D eigenvalue weighted by atomic mass is 14.9. The number of hydrogen-bond acceptors (Lipinski definition) is 3. The Kier molecular flexibility index (Phi) is 12.6. The van der Waals surface area contributed by atoms with Crippen LogP contribution in [0.5, 0.6) is 0 Å². The zero-order chi connectivity index (χ0) is 17.3. The van der Waals surface area contributed by atoms with Crippen molar-refractivity contribution in [1.29, 1.82) is 5.26 Å². The van der Waals surface area contributed by atoms with Crippen molar-refractivity contribution in [3.05, 3.63) is 24.3 Å². The Labute approximate surface area is 148 Å². The minimum atomic E-state index is 0.538. The van der Waals surface area contributed by atoms with Crippen molar-refractivity contribution in [2.24, 2.45) is 0 Å². The molecule has 0 radical (unpaired) electrons. The van der Waals surface area contributed by atoms with Crippen LogP contribution in [0.3, 0.4) is 0 Å². The second-order valence-corrected chi connectivity index (χ2v) is 6.52. The summed E-state index contributed by atoms with van der Waals surface area (Å²) in [5, 5.41) is 15.3. The van der Waals surface area contributed by atoms with Crippen molar-refractivity contribution in [2.75, 3.05) is 23.7 Å². The van der Waals surface area contributed by atoms with Crippen LogP contribution in [0.4, 0.5) is 11.4 Å². The standard InChI is InChI=1S/C21H35N3/c1-2-3-4-5-6-7-8-9-10-11-17-23-20-14-12-15-21(19-20)24-18-13-16-22/h12,14-15,19,23-24H,2-11,13,17-18H2,1H3. The summed E-state index contributed by atoms with van der Waals surface area (Å²) < 4.78 is 0. The molecule has 1 rings (SSSR count). The molecule has 134 valence electrons. The fourth-order valence-electron chi connectivity index (χ4n) is 2.85. The molecular formula is C21H35N3. The second kappa shape index (κ2) is 14.9. The molecule has 0 saturated carbocycles. The molecule has 3 heteroatoms. The first-order valence-corrected chi connectivity index (χ1v) is 9.81. The summed E-state index contributed by atoms with van der Waals surface area (Å²) in [4.78, 5) is 0. The van der Waals surface area contributed by atoms with Gasteiger partial charge in [0, 0.05) is 24.5 Å². The third kappa shape index (κ3) is 10.9. The first kappa shape index (κ1) is 20.4. The molecule has 24 heavy (non-hydrogen) atoms. The highest BCUT2D eigenvalue weighted by Gasteiger charge is 1.96. The third-order valence-electron chi connectivity index (χ3n) is 4.29. The fourth-order valence-corrected chi connectivity index (χ4v) is 2.85. The lowest BCUT2D eigenvalue weighted by atomic mass is 10.1. The molecule has 0 fully saturated rings. The Balaban J connectivity index is 1.99. The summed E-state index contributed by atoms with van der Waals surface area (Å²) in [6.45, 7) is 4.02. The van der Waals surface area contributed by atoms with E-state index in [1.807, 2.05) is 6.07 Å². The summed E-state index contributed by atoms with van der Waals surface area (Å²) in [5.74, 6) is 0. The van der Waals surface area contributed by atoms with E-state index < -0.39 is 0 Å². The zero-order valence-electron chi connectivity index (χ0n) is 15.4. The topological polar surface area (TPSA) is 47.8 Å². The van der Waals surface area contributed by atoms with Crippen molar-refractivity contribution < 1.29 is 0 Å². The molecule has 0 aromatic heterocycles. The van der Waals surface area contributed by atoms with Crippen molar-refractivity contribution in [3.63, 3.8) is 0 Å². The van der Waals surface area contributed by atoms with Crippen LogP contribution in [0.15, 0.2) is 24.3 Å². The van der Waals surface area contributed by atoms with Crippen LogP contribution >= 0.6 is 0 Å². The monoisotopic (exact) mass is 329 g/mol. The molecule has 0 aliphatic heterocycles. The number of unbranched alkanes of at least 4 members (excludes halogenated alkanes) is 9. The molecule has 0 amide bonds. The summed E-state index contributed by atoms with van der Waals surface area (Å²) >= 11 is 0. The zero-order valence-corrected chi connectivity index (χ0v) is 15.4. The first-order valence-electron chi connectivity index (χ1n) is 9.81. The van der Waals surface area contributed by atoms with Gasteiger partial charge < -0.3 is 10.6 Å². The quantitative estimate of drug-likeness (QED) is 0.369. The number of rotatable bonds is 15. The number of nitriles is 1. The average Bonchev–Trinajstić information content (AvgIpc) is 2.60. The van der Waals surface area contributed by atoms with Gasteiger partial charge >= 0.3 is 0 Å². The lowest BCUT2D eigenvalue weighted by molar-refractivity contribution is 0.560. The van der Waals surface area contributed by atoms with Gasteiger partial charge in [-0.15, -0.1) is 0 Å². The number of nitrogens with zero attached hydrogens (tertiary/aromatic N) is 1. The van der Waals surface area contributed by atoms with Crippen molar-refractivity contribution >= 4 is 11.4 Å². The Hall–Kier alpha value is -1.69. The van der Waals surface area contributed by atoms with Gasteiger partial charge in [-0.3, -0.25) is 0 Å². The van der Waals surface area contributed by atoms with E-state index in [1.54, 1.807) is 0 Å². The third-order valence-corrected chi connectivity index (χ3v) is 4.29. The Morgan fingerprint density at radius 3 is 1.92 bits per heavy atom. The van der Waals surface area contributed by atoms with Crippen molar-refractivity contribution in [2.45, 2.75) is 77.6 Å². The largest absolute Gasteiger partial charge is 0.385 e. The Morgan fingerprint density at radius 1 is 0.792 bits per heavy atom. The number of anilines is 2. The predicted molar refractivity (Wildman–Crippen MR) is 105 cm³/mol. The minimum Gasteiger partial charge on any atom is -0.385 e. The summed E-state index contributed by atoms with van der Waals surface area (Å²) in [7, 11) is 0. The molecule has 2 N–H and O–H groups in total. The van der Waals surface area contributed by atoms with Gasteiger partial charge in [-0.1, -0.05) is 70.8 Å². The Bertz CT molecular complexity index is 451. The van der Waals surface area contributed by atoms with Crippen LogP contribution in [-0.4, -0.2) is 13.1 Å². The highest BCUT2D eigenvalue weighted by Crippen LogP contribution is 2.15. The van der Waals surface area contributed by atoms with Gasteiger partial charge in [0.2, 0.25) is 0 Å². The normalized spacial score (nSPS) is 10.3. The van der Waals surface area contributed by atoms with E-state index in [9.17, 15) is 0 Å². The molecule has 1 aromatic rings. The van der Waals surface area contributed by atoms with Gasteiger partial charge in [0.25, 0.3) is 0 Å². The molecule has 0 aliphatic carbocycles. The molecule has 0 bridgehead atoms. The molecule has 3 nitrogen and oxygen atoms in total. The molecule has 0 atom stereocenters. The second-order valence-electron chi connectivity index (χ2n) is 6.52. The SMILES string of the molecule is CCCCCCCCCCCCNc1cccc(NCCC#N)c1. The highest BCUT2D eigenvalue weighted by molar-refractivity contribution is 5.56. The van der Waals surface area contributed by atoms with Gasteiger partial charge in [-0.05, 0) is 24.6 Å². The van der Waals surface area contributed by atoms with E-state index in [1.165, 1.54) is 64.2 Å². The summed E-state index contributed by atoms with van der Waals surface area (Å²) in [5.41, 5.74) is 2.24. The van der Waals surface area contributed by atoms with E-state index >= 15 is 0 Å². The van der Waals surface area contributed by atoms with Gasteiger partial charge in [0.15, 0.2) is 0 Å². The maximum atomic E-state index is 8.57. The molecular weight excluding hydrogens is 294 g/mol. The molecule has 0 aliphatic rings. The molecule has 0 saturated heterocycles. The Morgan fingerprint density at radius 2 is 1.33 bits per heavy atom. The number of nitrogens with one attached hydrogen (secondary N) is 2. The van der Waals surface area contributed by atoms with E-state index in [2.05, 4.69) is 41.8 Å². The van der Waals surface area contributed by atoms with Crippen LogP contribution in [0.25, 0.3) is 0 Å². The van der Waals surface area contributed by atoms with Crippen LogP contribution in [0.2, 0.25) is 0 Å². The lowest BCUT2D eigenvalue weighted by Gasteiger charge is -2.09. The van der Waals surface area contributed by atoms with E-state index in [4.69, 9.17) is 5.26 Å². The number of hydrogen-bond donors (Lipinski definition) is 2. The van der Waals surface area contributed by atoms with Crippen LogP contribution in [-0.2, 0) is 0 Å². The van der Waals surface area contributed by atoms with E-state index in [0.717, 1.165) is 17.9 Å². The van der Waals surface area contributed by atoms with Crippen LogP contribution in [0.1, 0.15) is 77.6 Å². The fraction of sp³-hybridized carbons (Fsp3) is 0.667. The maximum Gasteiger partial charge on any atom is 0.0640 e. The summed E-state index contributed by atoms with van der Waals surface area (Å²) in [6.07, 6.45) is 14.3. The minimum absolute atomic E-state index is 0.538. The van der Waals surface area contributed by atoms with Crippen molar-refractivity contribution in [1.82, 2.24) is 0 Å². The predicted octanol–water partition coefficient (Wildman–Crippen LogP) is 6.34. The van der Waals surface area contributed by atoms with Gasteiger partial charge in [-0.2, -0.15) is 5.26 Å². The molecule has 0 spiro atoms. The van der Waals surface area contributed by atoms with Gasteiger partial charge in [-0.25, -0.2) is 0 Å². The van der Waals surface area contributed by atoms with E-state index in [0.29, 0.717) is 13.0 Å². The lowest BCUT2D eigenvalue weighted by Crippen LogP contribution is -2.03. The first-order chi connectivity index (χ1) is 11.9. The van der Waals surface area contributed by atoms with Gasteiger partial charge in [0.05, 0.1) is 12.5 Å². The molecule has 1 aromatic carbocycles. The van der Waals surface area contributed by atoms with Crippen LogP contribution < -0.4 is 10.6 Å². The summed E-state index contributed by atoms with van der Waals surface area (Å²) in [6, 6.07) is 10.5. The van der Waals surface area contributed by atoms with Crippen LogP contribution in [0, 0.1) is 11.3 Å². The van der Waals surface area contributed by atoms with Crippen molar-refractivity contribution in [3.8, 4) is 6.07 Å². The van der Waals surface area contributed by atoms with E-state index in [-0.39, 0.29) is 0 Å². The average molecular weight is 330 g/mol. The van der Waals surface area contributed by atoms with Gasteiger partial charge in [0.1, 0.15) is 0 Å². The molecule has 0 unspecified atom stereocenters. The molecule has 0 heterocycles. The smallest absolute Gasteiger partial charge is 0.0640 e. The number of benzene rings is 1. The maximum absolute atomic E-state index is 8.57.